The Hall–Kier alpha value is -2.30. The van der Waals surface area contributed by atoms with Crippen LogP contribution in [-0.2, 0) is 0 Å². The van der Waals surface area contributed by atoms with Crippen molar-refractivity contribution in [2.45, 2.75) is 45.1 Å². The van der Waals surface area contributed by atoms with Crippen molar-refractivity contribution in [2.24, 2.45) is 0 Å². The first-order valence-electron chi connectivity index (χ1n) is 7.62. The number of aromatic hydroxyl groups is 1. The van der Waals surface area contributed by atoms with E-state index in [-0.39, 0.29) is 11.3 Å². The molecule has 1 aliphatic rings. The quantitative estimate of drug-likeness (QED) is 0.744. The molecule has 3 N–H and O–H groups in total. The van der Waals surface area contributed by atoms with Gasteiger partial charge in [0.25, 0.3) is 0 Å². The fraction of sp³-hybridized carbons (Fsp3) is 0.412. The third-order valence-electron chi connectivity index (χ3n) is 3.37. The van der Waals surface area contributed by atoms with Gasteiger partial charge in [0.15, 0.2) is 0 Å². The van der Waals surface area contributed by atoms with E-state index < -0.39 is 0 Å². The number of nitrogens with zero attached hydrogens (tertiary/aromatic N) is 2. The highest BCUT2D eigenvalue weighted by Crippen LogP contribution is 2.40. The molecule has 1 saturated carbocycles. The summed E-state index contributed by atoms with van der Waals surface area (Å²) in [6.45, 7) is 6.27. The molecule has 22 heavy (non-hydrogen) atoms. The van der Waals surface area contributed by atoms with E-state index in [4.69, 9.17) is 0 Å². The van der Waals surface area contributed by atoms with Gasteiger partial charge in [0.1, 0.15) is 11.6 Å². The van der Waals surface area contributed by atoms with Crippen LogP contribution in [-0.4, -0.2) is 20.6 Å². The molecule has 1 aliphatic carbocycles. The molecule has 0 radical (unpaired) electrons. The molecule has 0 bridgehead atoms. The molecule has 0 unspecified atom stereocenters. The molecule has 0 atom stereocenters. The van der Waals surface area contributed by atoms with Gasteiger partial charge < -0.3 is 15.7 Å². The van der Waals surface area contributed by atoms with Crippen LogP contribution in [0.2, 0.25) is 0 Å². The van der Waals surface area contributed by atoms with Crippen LogP contribution < -0.4 is 10.6 Å². The summed E-state index contributed by atoms with van der Waals surface area (Å²) in [4.78, 5) is 9.19. The Morgan fingerprint density at radius 1 is 1.09 bits per heavy atom. The Labute approximate surface area is 130 Å². The molecule has 0 aliphatic heterocycles. The number of rotatable bonds is 4. The van der Waals surface area contributed by atoms with E-state index in [1.165, 1.54) is 12.8 Å². The highest BCUT2D eigenvalue weighted by atomic mass is 16.3. The van der Waals surface area contributed by atoms with Crippen LogP contribution >= 0.6 is 0 Å². The van der Waals surface area contributed by atoms with Crippen molar-refractivity contribution in [3.8, 4) is 5.75 Å². The second-order valence-electron chi connectivity index (χ2n) is 6.82. The lowest BCUT2D eigenvalue weighted by Gasteiger charge is -2.21. The topological polar surface area (TPSA) is 70.1 Å². The van der Waals surface area contributed by atoms with Crippen LogP contribution in [0.25, 0.3) is 0 Å². The maximum absolute atomic E-state index is 9.36. The molecule has 5 heteroatoms. The Morgan fingerprint density at radius 2 is 1.77 bits per heavy atom. The van der Waals surface area contributed by atoms with Crippen LogP contribution in [0.1, 0.15) is 45.2 Å². The van der Waals surface area contributed by atoms with E-state index in [1.807, 2.05) is 18.2 Å². The predicted octanol–water partition coefficient (Wildman–Crippen LogP) is 4.01. The first-order valence-corrected chi connectivity index (χ1v) is 7.62. The summed E-state index contributed by atoms with van der Waals surface area (Å²) in [7, 11) is 0. The van der Waals surface area contributed by atoms with Crippen molar-refractivity contribution in [2.75, 3.05) is 10.6 Å². The number of hydrogen-bond donors (Lipinski definition) is 3. The molecule has 3 rings (SSSR count). The average Bonchev–Trinajstić information content (AvgIpc) is 3.23. The summed E-state index contributed by atoms with van der Waals surface area (Å²) in [5.74, 6) is 2.23. The average molecular weight is 298 g/mol. The zero-order chi connectivity index (χ0) is 15.7. The van der Waals surface area contributed by atoms with Gasteiger partial charge in [0.05, 0.1) is 5.69 Å². The Balaban J connectivity index is 1.87. The van der Waals surface area contributed by atoms with Gasteiger partial charge in [-0.1, -0.05) is 0 Å². The Bertz CT molecular complexity index is 657. The number of anilines is 3. The van der Waals surface area contributed by atoms with Crippen LogP contribution in [0, 0.1) is 0 Å². The van der Waals surface area contributed by atoms with Gasteiger partial charge in [-0.2, -0.15) is 4.98 Å². The van der Waals surface area contributed by atoms with Crippen molar-refractivity contribution in [3.63, 3.8) is 0 Å². The number of hydrogen-bond acceptors (Lipinski definition) is 5. The highest BCUT2D eigenvalue weighted by Gasteiger charge is 2.26. The lowest BCUT2D eigenvalue weighted by atomic mass is 10.1. The first-order chi connectivity index (χ1) is 10.4. The predicted molar refractivity (Wildman–Crippen MR) is 88.8 cm³/mol. The van der Waals surface area contributed by atoms with Crippen molar-refractivity contribution in [1.82, 2.24) is 9.97 Å². The molecule has 1 heterocycles. The van der Waals surface area contributed by atoms with Crippen LogP contribution in [0.5, 0.6) is 5.75 Å². The fourth-order valence-electron chi connectivity index (χ4n) is 2.20. The summed E-state index contributed by atoms with van der Waals surface area (Å²) < 4.78 is 0. The molecule has 116 valence electrons. The third-order valence-corrected chi connectivity index (χ3v) is 3.37. The summed E-state index contributed by atoms with van der Waals surface area (Å²) in [6, 6.07) is 8.97. The number of aromatic nitrogens is 2. The number of phenols is 1. The van der Waals surface area contributed by atoms with E-state index in [1.54, 1.807) is 12.1 Å². The summed E-state index contributed by atoms with van der Waals surface area (Å²) >= 11 is 0. The van der Waals surface area contributed by atoms with Gasteiger partial charge in [0, 0.05) is 23.2 Å². The van der Waals surface area contributed by atoms with Crippen LogP contribution in [0.4, 0.5) is 17.5 Å². The zero-order valence-electron chi connectivity index (χ0n) is 13.2. The second-order valence-corrected chi connectivity index (χ2v) is 6.82. The second kappa shape index (κ2) is 5.48. The number of phenolic OH excluding ortho intramolecular Hbond substituents is 1. The smallest absolute Gasteiger partial charge is 0.225 e. The minimum absolute atomic E-state index is 0.0853. The summed E-state index contributed by atoms with van der Waals surface area (Å²) in [5.41, 5.74) is 1.89. The molecule has 0 saturated heterocycles. The van der Waals surface area contributed by atoms with E-state index in [0.717, 1.165) is 17.2 Å². The monoisotopic (exact) mass is 298 g/mol. The number of benzene rings is 1. The molecule has 1 fully saturated rings. The minimum Gasteiger partial charge on any atom is -0.508 e. The highest BCUT2D eigenvalue weighted by molar-refractivity contribution is 5.59. The van der Waals surface area contributed by atoms with Gasteiger partial charge in [-0.3, -0.25) is 0 Å². The van der Waals surface area contributed by atoms with Crippen molar-refractivity contribution < 1.29 is 5.11 Å². The fourth-order valence-corrected chi connectivity index (χ4v) is 2.20. The lowest BCUT2D eigenvalue weighted by Crippen LogP contribution is -2.27. The van der Waals surface area contributed by atoms with E-state index in [9.17, 15) is 5.11 Å². The third kappa shape index (κ3) is 3.87. The molecule has 0 spiro atoms. The molecule has 0 amide bonds. The van der Waals surface area contributed by atoms with E-state index in [2.05, 4.69) is 41.4 Å². The SMILES string of the molecule is CC(C)(C)Nc1nc(Nc2ccc(O)cc2)cc(C2CC2)n1. The largest absolute Gasteiger partial charge is 0.508 e. The first kappa shape index (κ1) is 14.6. The van der Waals surface area contributed by atoms with Gasteiger partial charge in [-0.15, -0.1) is 0 Å². The zero-order valence-corrected chi connectivity index (χ0v) is 13.2. The van der Waals surface area contributed by atoms with E-state index in [0.29, 0.717) is 11.9 Å². The summed E-state index contributed by atoms with van der Waals surface area (Å²) in [6.07, 6.45) is 2.40. The van der Waals surface area contributed by atoms with Crippen LogP contribution in [0.3, 0.4) is 0 Å². The van der Waals surface area contributed by atoms with Gasteiger partial charge in [-0.25, -0.2) is 4.98 Å². The molecular weight excluding hydrogens is 276 g/mol. The molecule has 2 aromatic rings. The van der Waals surface area contributed by atoms with Gasteiger partial charge >= 0.3 is 0 Å². The normalized spacial score (nSPS) is 14.7. The standard InChI is InChI=1S/C17H22N4O/c1-17(2,3)21-16-19-14(11-4-5-11)10-15(20-16)18-12-6-8-13(22)9-7-12/h6-11,22H,4-5H2,1-3H3,(H2,18,19,20,21). The molecule has 5 nitrogen and oxygen atoms in total. The molecule has 1 aromatic heterocycles. The molecular formula is C17H22N4O. The number of nitrogens with one attached hydrogen (secondary N) is 2. The summed E-state index contributed by atoms with van der Waals surface area (Å²) in [5, 5.41) is 16.0. The Morgan fingerprint density at radius 3 is 2.36 bits per heavy atom. The molecule has 1 aromatic carbocycles. The van der Waals surface area contributed by atoms with Gasteiger partial charge in [0.2, 0.25) is 5.95 Å². The van der Waals surface area contributed by atoms with Gasteiger partial charge in [-0.05, 0) is 57.9 Å². The lowest BCUT2D eigenvalue weighted by molar-refractivity contribution is 0.475. The van der Waals surface area contributed by atoms with Crippen molar-refractivity contribution in [3.05, 3.63) is 36.0 Å². The Kier molecular flexibility index (Phi) is 3.64. The minimum atomic E-state index is -0.0853. The van der Waals surface area contributed by atoms with Crippen LogP contribution in [0.15, 0.2) is 30.3 Å². The van der Waals surface area contributed by atoms with E-state index >= 15 is 0 Å². The van der Waals surface area contributed by atoms with Crippen molar-refractivity contribution in [1.29, 1.82) is 0 Å². The maximum atomic E-state index is 9.36. The maximum Gasteiger partial charge on any atom is 0.225 e. The van der Waals surface area contributed by atoms with Crippen molar-refractivity contribution >= 4 is 17.5 Å².